The van der Waals surface area contributed by atoms with Crippen molar-refractivity contribution in [2.24, 2.45) is 5.92 Å². The van der Waals surface area contributed by atoms with Crippen molar-refractivity contribution in [3.05, 3.63) is 29.8 Å². The molecule has 1 fully saturated rings. The largest absolute Gasteiger partial charge is 0.497 e. The van der Waals surface area contributed by atoms with Gasteiger partial charge in [0.05, 0.1) is 7.11 Å². The van der Waals surface area contributed by atoms with Crippen LogP contribution in [0.5, 0.6) is 5.75 Å². The smallest absolute Gasteiger partial charge is 0.410 e. The first-order valence-corrected chi connectivity index (χ1v) is 7.46. The third kappa shape index (κ3) is 4.00. The summed E-state index contributed by atoms with van der Waals surface area (Å²) in [5.41, 5.74) is 0.0989. The van der Waals surface area contributed by atoms with Crippen molar-refractivity contribution in [2.75, 3.05) is 20.2 Å². The second kappa shape index (κ2) is 6.38. The predicted octanol–water partition coefficient (Wildman–Crippen LogP) is 3.13. The number of hydrogen-bond acceptors (Lipinski definition) is 4. The van der Waals surface area contributed by atoms with E-state index >= 15 is 0 Å². The van der Waals surface area contributed by atoms with Crippen LogP contribution in [0.25, 0.3) is 0 Å². The minimum Gasteiger partial charge on any atom is -0.497 e. The standard InChI is InChI=1S/C17H23NO4/c1-17(2,3)22-16(20)18-9-8-13(11-18)15(19)12-6-5-7-14(10-12)21-4/h5-7,10,13H,8-9,11H2,1-4H3. The first-order chi connectivity index (χ1) is 10.3. The van der Waals surface area contributed by atoms with Crippen LogP contribution in [-0.2, 0) is 4.74 Å². The van der Waals surface area contributed by atoms with Crippen LogP contribution < -0.4 is 4.74 Å². The highest BCUT2D eigenvalue weighted by molar-refractivity contribution is 5.98. The zero-order chi connectivity index (χ0) is 16.3. The maximum absolute atomic E-state index is 12.5. The molecule has 1 aliphatic heterocycles. The quantitative estimate of drug-likeness (QED) is 0.805. The van der Waals surface area contributed by atoms with Crippen LogP contribution in [0.15, 0.2) is 24.3 Å². The maximum Gasteiger partial charge on any atom is 0.410 e. The summed E-state index contributed by atoms with van der Waals surface area (Å²) < 4.78 is 10.5. The van der Waals surface area contributed by atoms with E-state index in [1.165, 1.54) is 0 Å². The van der Waals surface area contributed by atoms with Gasteiger partial charge >= 0.3 is 6.09 Å². The number of carbonyl (C=O) groups is 2. The molecule has 1 saturated heterocycles. The molecule has 0 bridgehead atoms. The number of likely N-dealkylation sites (tertiary alicyclic amines) is 1. The van der Waals surface area contributed by atoms with E-state index in [-0.39, 0.29) is 17.8 Å². The van der Waals surface area contributed by atoms with Gasteiger partial charge in [-0.2, -0.15) is 0 Å². The Hall–Kier alpha value is -2.04. The zero-order valence-corrected chi connectivity index (χ0v) is 13.6. The van der Waals surface area contributed by atoms with Crippen LogP contribution >= 0.6 is 0 Å². The summed E-state index contributed by atoms with van der Waals surface area (Å²) >= 11 is 0. The van der Waals surface area contributed by atoms with Crippen molar-refractivity contribution in [1.82, 2.24) is 4.90 Å². The van der Waals surface area contributed by atoms with Crippen LogP contribution in [0.1, 0.15) is 37.6 Å². The second-order valence-corrected chi connectivity index (χ2v) is 6.51. The van der Waals surface area contributed by atoms with Gasteiger partial charge in [-0.3, -0.25) is 4.79 Å². The van der Waals surface area contributed by atoms with Crippen molar-refractivity contribution in [3.8, 4) is 5.75 Å². The number of nitrogens with zero attached hydrogens (tertiary/aromatic N) is 1. The minimum absolute atomic E-state index is 0.0463. The topological polar surface area (TPSA) is 55.8 Å². The van der Waals surface area contributed by atoms with Gasteiger partial charge in [-0.25, -0.2) is 4.79 Å². The van der Waals surface area contributed by atoms with E-state index in [4.69, 9.17) is 9.47 Å². The highest BCUT2D eigenvalue weighted by Gasteiger charge is 2.33. The molecule has 0 spiro atoms. The lowest BCUT2D eigenvalue weighted by atomic mass is 9.97. The first kappa shape index (κ1) is 16.3. The van der Waals surface area contributed by atoms with Crippen LogP contribution in [0.2, 0.25) is 0 Å². The number of ether oxygens (including phenoxy) is 2. The van der Waals surface area contributed by atoms with Gasteiger partial charge in [-0.15, -0.1) is 0 Å². The fourth-order valence-corrected chi connectivity index (χ4v) is 2.48. The summed E-state index contributed by atoms with van der Waals surface area (Å²) in [5.74, 6) is 0.525. The molecule has 0 radical (unpaired) electrons. The molecular formula is C17H23NO4. The Morgan fingerprint density at radius 3 is 2.64 bits per heavy atom. The monoisotopic (exact) mass is 305 g/mol. The number of ketones is 1. The van der Waals surface area contributed by atoms with Crippen molar-refractivity contribution in [2.45, 2.75) is 32.8 Å². The lowest BCUT2D eigenvalue weighted by Crippen LogP contribution is -2.35. The zero-order valence-electron chi connectivity index (χ0n) is 13.6. The molecule has 1 heterocycles. The average Bonchev–Trinajstić information content (AvgIpc) is 2.94. The van der Waals surface area contributed by atoms with Gasteiger partial charge in [0.1, 0.15) is 11.4 Å². The lowest BCUT2D eigenvalue weighted by Gasteiger charge is -2.24. The number of Topliss-reactive ketones (excluding diaryl/α,β-unsaturated/α-hetero) is 1. The van der Waals surface area contributed by atoms with Crippen molar-refractivity contribution < 1.29 is 19.1 Å². The van der Waals surface area contributed by atoms with E-state index in [1.807, 2.05) is 20.8 Å². The molecule has 0 aromatic heterocycles. The highest BCUT2D eigenvalue weighted by atomic mass is 16.6. The normalized spacial score (nSPS) is 18.2. The molecule has 1 atom stereocenters. The van der Waals surface area contributed by atoms with E-state index in [9.17, 15) is 9.59 Å². The molecule has 1 aromatic rings. The summed E-state index contributed by atoms with van der Waals surface area (Å²) in [5, 5.41) is 0. The summed E-state index contributed by atoms with van der Waals surface area (Å²) in [6.45, 7) is 6.46. The van der Waals surface area contributed by atoms with Gasteiger partial charge in [-0.05, 0) is 39.3 Å². The Labute approximate surface area is 131 Å². The molecule has 1 aromatic carbocycles. The van der Waals surface area contributed by atoms with Crippen LogP contribution in [0, 0.1) is 5.92 Å². The highest BCUT2D eigenvalue weighted by Crippen LogP contribution is 2.24. The van der Waals surface area contributed by atoms with Crippen molar-refractivity contribution in [3.63, 3.8) is 0 Å². The molecule has 2 rings (SSSR count). The van der Waals surface area contributed by atoms with Crippen LogP contribution in [0.3, 0.4) is 0 Å². The maximum atomic E-state index is 12.5. The lowest BCUT2D eigenvalue weighted by molar-refractivity contribution is 0.0289. The third-order valence-electron chi connectivity index (χ3n) is 3.56. The van der Waals surface area contributed by atoms with Crippen molar-refractivity contribution >= 4 is 11.9 Å². The molecule has 5 heteroatoms. The van der Waals surface area contributed by atoms with E-state index in [0.29, 0.717) is 30.8 Å². The van der Waals surface area contributed by atoms with Crippen molar-refractivity contribution in [1.29, 1.82) is 0 Å². The van der Waals surface area contributed by atoms with E-state index in [1.54, 1.807) is 36.3 Å². The van der Waals surface area contributed by atoms with Gasteiger partial charge < -0.3 is 14.4 Å². The van der Waals surface area contributed by atoms with Gasteiger partial charge in [0, 0.05) is 24.6 Å². The molecule has 0 aliphatic carbocycles. The number of rotatable bonds is 3. The van der Waals surface area contributed by atoms with E-state index in [0.717, 1.165) is 0 Å². The fourth-order valence-electron chi connectivity index (χ4n) is 2.48. The van der Waals surface area contributed by atoms with E-state index < -0.39 is 5.60 Å². The Bertz CT molecular complexity index is 562. The Kier molecular flexibility index (Phi) is 4.74. The summed E-state index contributed by atoms with van der Waals surface area (Å²) in [7, 11) is 1.57. The SMILES string of the molecule is COc1cccc(C(=O)C2CCN(C(=O)OC(C)(C)C)C2)c1. The average molecular weight is 305 g/mol. The fraction of sp³-hybridized carbons (Fsp3) is 0.529. The minimum atomic E-state index is -0.522. The molecule has 1 aliphatic rings. The number of benzene rings is 1. The van der Waals surface area contributed by atoms with Gasteiger partial charge in [-0.1, -0.05) is 12.1 Å². The summed E-state index contributed by atoms with van der Waals surface area (Å²) in [6.07, 6.45) is 0.309. The van der Waals surface area contributed by atoms with Crippen LogP contribution in [-0.4, -0.2) is 42.6 Å². The molecule has 0 saturated carbocycles. The second-order valence-electron chi connectivity index (χ2n) is 6.51. The van der Waals surface area contributed by atoms with Gasteiger partial charge in [0.2, 0.25) is 0 Å². The number of methoxy groups -OCH3 is 1. The Balaban J connectivity index is 2.00. The molecule has 5 nitrogen and oxygen atoms in total. The molecule has 1 amide bonds. The van der Waals surface area contributed by atoms with Gasteiger partial charge in [0.15, 0.2) is 5.78 Å². The predicted molar refractivity (Wildman–Crippen MR) is 83.2 cm³/mol. The molecule has 120 valence electrons. The summed E-state index contributed by atoms with van der Waals surface area (Å²) in [6, 6.07) is 7.12. The Morgan fingerprint density at radius 2 is 2.00 bits per heavy atom. The number of hydrogen-bond donors (Lipinski definition) is 0. The number of carbonyl (C=O) groups excluding carboxylic acids is 2. The number of amides is 1. The first-order valence-electron chi connectivity index (χ1n) is 7.46. The van der Waals surface area contributed by atoms with Crippen LogP contribution in [0.4, 0.5) is 4.79 Å². The third-order valence-corrected chi connectivity index (χ3v) is 3.56. The molecule has 22 heavy (non-hydrogen) atoms. The molecular weight excluding hydrogens is 282 g/mol. The van der Waals surface area contributed by atoms with E-state index in [2.05, 4.69) is 0 Å². The molecule has 0 N–H and O–H groups in total. The Morgan fingerprint density at radius 1 is 1.27 bits per heavy atom. The van der Waals surface area contributed by atoms with Gasteiger partial charge in [0.25, 0.3) is 0 Å². The molecule has 1 unspecified atom stereocenters. The summed E-state index contributed by atoms with van der Waals surface area (Å²) in [4.78, 5) is 26.2.